The van der Waals surface area contributed by atoms with Crippen molar-refractivity contribution >= 4 is 28.9 Å². The Bertz CT molecular complexity index is 992. The number of benzene rings is 1. The summed E-state index contributed by atoms with van der Waals surface area (Å²) in [5.41, 5.74) is 2.79. The number of hydrogen-bond donors (Lipinski definition) is 2. The van der Waals surface area contributed by atoms with Crippen LogP contribution in [0.2, 0.25) is 5.02 Å². The van der Waals surface area contributed by atoms with Gasteiger partial charge in [-0.25, -0.2) is 0 Å². The van der Waals surface area contributed by atoms with Gasteiger partial charge in [-0.05, 0) is 55.0 Å². The fraction of sp³-hybridized carbons (Fsp3) is 0.238. The molecule has 1 aliphatic heterocycles. The summed E-state index contributed by atoms with van der Waals surface area (Å²) in [4.78, 5) is 6.43. The van der Waals surface area contributed by atoms with Crippen LogP contribution in [0.25, 0.3) is 11.3 Å². The Balaban J connectivity index is 1.75. The lowest BCUT2D eigenvalue weighted by molar-refractivity contribution is 0.209. The average molecular weight is 414 g/mol. The highest BCUT2D eigenvalue weighted by atomic mass is 35.5. The molecule has 0 radical (unpaired) electrons. The molecule has 4 rings (SSSR count). The van der Waals surface area contributed by atoms with Crippen LogP contribution in [-0.2, 0) is 0 Å². The van der Waals surface area contributed by atoms with Crippen molar-refractivity contribution in [3.63, 3.8) is 0 Å². The second-order valence-corrected chi connectivity index (χ2v) is 7.45. The number of halogens is 1. The van der Waals surface area contributed by atoms with E-state index in [9.17, 15) is 5.11 Å². The smallest absolute Gasteiger partial charge is 0.170 e. The number of nitrogens with one attached hydrogen (secondary N) is 1. The standard InChI is InChI=1S/C21H20ClN3O2S/c1-13-14(5-4-6-15(13)22)17-8-9-18(27-17)20-19(16-7-2-3-10-23-16)24-21(28)25(20)11-12-26/h2-10,19-20,26H,11-12H2,1H3,(H,24,28)/t19-,20+/m1/s1. The highest BCUT2D eigenvalue weighted by Gasteiger charge is 2.41. The van der Waals surface area contributed by atoms with Gasteiger partial charge in [0.05, 0.1) is 18.3 Å². The Hall–Kier alpha value is -2.41. The van der Waals surface area contributed by atoms with Crippen LogP contribution < -0.4 is 5.32 Å². The molecule has 1 fully saturated rings. The van der Waals surface area contributed by atoms with E-state index >= 15 is 0 Å². The van der Waals surface area contributed by atoms with Crippen molar-refractivity contribution in [2.45, 2.75) is 19.0 Å². The Morgan fingerprint density at radius 2 is 2.07 bits per heavy atom. The second kappa shape index (κ2) is 7.91. The number of thiocarbonyl (C=S) groups is 1. The maximum absolute atomic E-state index is 9.53. The van der Waals surface area contributed by atoms with Gasteiger partial charge in [0, 0.05) is 23.3 Å². The van der Waals surface area contributed by atoms with E-state index < -0.39 is 0 Å². The Morgan fingerprint density at radius 3 is 2.82 bits per heavy atom. The van der Waals surface area contributed by atoms with Gasteiger partial charge in [0.2, 0.25) is 0 Å². The molecule has 144 valence electrons. The lowest BCUT2D eigenvalue weighted by Gasteiger charge is -2.25. The predicted molar refractivity (Wildman–Crippen MR) is 113 cm³/mol. The topological polar surface area (TPSA) is 61.5 Å². The first-order chi connectivity index (χ1) is 13.6. The van der Waals surface area contributed by atoms with Gasteiger partial charge in [-0.15, -0.1) is 0 Å². The van der Waals surface area contributed by atoms with Crippen molar-refractivity contribution in [1.82, 2.24) is 15.2 Å². The SMILES string of the molecule is Cc1c(Cl)cccc1-c1ccc([C@H]2[C@@H](c3ccccn3)NC(=S)N2CCO)o1. The number of β-amino-alcohol motifs (C(OH)–C–C–N with tert-alkyl or cyclic N) is 1. The number of pyridine rings is 1. The van der Waals surface area contributed by atoms with Crippen LogP contribution in [0.3, 0.4) is 0 Å². The van der Waals surface area contributed by atoms with E-state index in [2.05, 4.69) is 10.3 Å². The van der Waals surface area contributed by atoms with Crippen LogP contribution in [0.4, 0.5) is 0 Å². The van der Waals surface area contributed by atoms with E-state index in [4.69, 9.17) is 28.2 Å². The predicted octanol–water partition coefficient (Wildman–Crippen LogP) is 4.27. The minimum absolute atomic E-state index is 0.00573. The van der Waals surface area contributed by atoms with Crippen LogP contribution in [0.1, 0.15) is 29.1 Å². The minimum atomic E-state index is -0.206. The van der Waals surface area contributed by atoms with Crippen LogP contribution in [0.5, 0.6) is 0 Å². The van der Waals surface area contributed by atoms with E-state index in [0.717, 1.165) is 28.3 Å². The van der Waals surface area contributed by atoms with Crippen LogP contribution in [-0.4, -0.2) is 33.3 Å². The molecule has 3 heterocycles. The van der Waals surface area contributed by atoms with Gasteiger partial charge < -0.3 is 19.7 Å². The molecule has 0 aliphatic carbocycles. The monoisotopic (exact) mass is 413 g/mol. The average Bonchev–Trinajstić information content (AvgIpc) is 3.30. The Morgan fingerprint density at radius 1 is 1.21 bits per heavy atom. The van der Waals surface area contributed by atoms with Crippen molar-refractivity contribution in [3.05, 3.63) is 76.8 Å². The van der Waals surface area contributed by atoms with Crippen molar-refractivity contribution in [3.8, 4) is 11.3 Å². The second-order valence-electron chi connectivity index (χ2n) is 6.66. The zero-order chi connectivity index (χ0) is 19.7. The number of rotatable bonds is 5. The van der Waals surface area contributed by atoms with Crippen LogP contribution in [0.15, 0.2) is 59.1 Å². The molecular weight excluding hydrogens is 394 g/mol. The fourth-order valence-corrected chi connectivity index (χ4v) is 4.10. The summed E-state index contributed by atoms with van der Waals surface area (Å²) in [5, 5.41) is 14.1. The van der Waals surface area contributed by atoms with Crippen molar-refractivity contribution < 1.29 is 9.52 Å². The molecule has 0 spiro atoms. The Kier molecular flexibility index (Phi) is 5.35. The summed E-state index contributed by atoms with van der Waals surface area (Å²) >= 11 is 11.8. The molecule has 1 aromatic carbocycles. The first-order valence-corrected chi connectivity index (χ1v) is 9.83. The van der Waals surface area contributed by atoms with Crippen molar-refractivity contribution in [1.29, 1.82) is 0 Å². The lowest BCUT2D eigenvalue weighted by atomic mass is 10.0. The summed E-state index contributed by atoms with van der Waals surface area (Å²) in [7, 11) is 0. The molecule has 0 amide bonds. The van der Waals surface area contributed by atoms with E-state index in [1.54, 1.807) is 6.20 Å². The molecule has 0 saturated carbocycles. The van der Waals surface area contributed by atoms with Gasteiger partial charge >= 0.3 is 0 Å². The number of aromatic nitrogens is 1. The molecule has 2 atom stereocenters. The summed E-state index contributed by atoms with van der Waals surface area (Å²) in [5.74, 6) is 1.50. The van der Waals surface area contributed by atoms with Crippen molar-refractivity contribution in [2.75, 3.05) is 13.2 Å². The third-order valence-electron chi connectivity index (χ3n) is 4.99. The van der Waals surface area contributed by atoms with E-state index in [1.807, 2.05) is 60.4 Å². The maximum atomic E-state index is 9.53. The first kappa shape index (κ1) is 18.9. The zero-order valence-electron chi connectivity index (χ0n) is 15.3. The quantitative estimate of drug-likeness (QED) is 0.609. The molecular formula is C21H20ClN3O2S. The maximum Gasteiger partial charge on any atom is 0.170 e. The van der Waals surface area contributed by atoms with Gasteiger partial charge in [0.25, 0.3) is 0 Å². The molecule has 2 aromatic heterocycles. The number of aliphatic hydroxyl groups is 1. The molecule has 0 unspecified atom stereocenters. The number of hydrogen-bond acceptors (Lipinski definition) is 4. The van der Waals surface area contributed by atoms with Crippen molar-refractivity contribution in [2.24, 2.45) is 0 Å². The molecule has 7 heteroatoms. The first-order valence-electron chi connectivity index (χ1n) is 9.04. The lowest BCUT2D eigenvalue weighted by Crippen LogP contribution is -2.32. The van der Waals surface area contributed by atoms with Gasteiger partial charge in [0.1, 0.15) is 17.6 Å². The molecule has 28 heavy (non-hydrogen) atoms. The summed E-state index contributed by atoms with van der Waals surface area (Å²) in [6.45, 7) is 2.38. The molecule has 3 aromatic rings. The van der Waals surface area contributed by atoms with Gasteiger partial charge in [-0.3, -0.25) is 4.98 Å². The summed E-state index contributed by atoms with van der Waals surface area (Å²) in [6.07, 6.45) is 1.76. The molecule has 1 saturated heterocycles. The Labute approximate surface area is 174 Å². The summed E-state index contributed by atoms with van der Waals surface area (Å²) in [6, 6.07) is 15.1. The molecule has 0 bridgehead atoms. The van der Waals surface area contributed by atoms with E-state index in [1.165, 1.54) is 0 Å². The third kappa shape index (κ3) is 3.39. The number of nitrogens with zero attached hydrogens (tertiary/aromatic N) is 2. The van der Waals surface area contributed by atoms with Crippen LogP contribution >= 0.6 is 23.8 Å². The molecule has 1 aliphatic rings. The number of aliphatic hydroxyl groups excluding tert-OH is 1. The minimum Gasteiger partial charge on any atom is -0.459 e. The van der Waals surface area contributed by atoms with Crippen LogP contribution in [0, 0.1) is 6.92 Å². The van der Waals surface area contributed by atoms with E-state index in [0.29, 0.717) is 16.7 Å². The highest BCUT2D eigenvalue weighted by Crippen LogP contribution is 2.40. The van der Waals surface area contributed by atoms with Gasteiger partial charge in [0.15, 0.2) is 5.11 Å². The normalized spacial score (nSPS) is 19.1. The highest BCUT2D eigenvalue weighted by molar-refractivity contribution is 7.80. The molecule has 2 N–H and O–H groups in total. The largest absolute Gasteiger partial charge is 0.459 e. The van der Waals surface area contributed by atoms with Gasteiger partial charge in [-0.1, -0.05) is 29.8 Å². The van der Waals surface area contributed by atoms with E-state index in [-0.39, 0.29) is 18.7 Å². The zero-order valence-corrected chi connectivity index (χ0v) is 16.9. The van der Waals surface area contributed by atoms with Gasteiger partial charge in [-0.2, -0.15) is 0 Å². The third-order valence-corrected chi connectivity index (χ3v) is 5.75. The number of furan rings is 1. The summed E-state index contributed by atoms with van der Waals surface area (Å²) < 4.78 is 6.26. The fourth-order valence-electron chi connectivity index (χ4n) is 3.59. The molecule has 5 nitrogen and oxygen atoms in total.